The quantitative estimate of drug-likeness (QED) is 0.749. The molecule has 15 heavy (non-hydrogen) atoms. The molecule has 0 aliphatic carbocycles. The minimum atomic E-state index is -2.15. The third-order valence-electron chi connectivity index (χ3n) is 1.50. The zero-order valence-electron chi connectivity index (χ0n) is 11.5. The molecule has 0 aromatic rings. The summed E-state index contributed by atoms with van der Waals surface area (Å²) in [6.07, 6.45) is 0. The summed E-state index contributed by atoms with van der Waals surface area (Å²) in [4.78, 5) is 3.44. The summed E-state index contributed by atoms with van der Waals surface area (Å²) in [6.45, 7) is 18.4. The van der Waals surface area contributed by atoms with Crippen molar-refractivity contribution in [1.29, 1.82) is 0 Å². The fourth-order valence-electron chi connectivity index (χ4n) is 1.58. The fraction of sp³-hybridized carbons (Fsp3) is 1.00. The van der Waals surface area contributed by atoms with Gasteiger partial charge in [-0.3, -0.25) is 4.98 Å². The Bertz CT molecular complexity index is 183. The smallest absolute Gasteiger partial charge is 0.401 e. The van der Waals surface area contributed by atoms with Crippen molar-refractivity contribution in [2.24, 2.45) is 0 Å². The van der Waals surface area contributed by atoms with Crippen LogP contribution in [0.2, 0.25) is 45.8 Å². The van der Waals surface area contributed by atoms with Gasteiger partial charge in [0, 0.05) is 0 Å². The second-order valence-electron chi connectivity index (χ2n) is 5.90. The van der Waals surface area contributed by atoms with Crippen LogP contribution in [-0.2, 0) is 8.23 Å². The second kappa shape index (κ2) is 5.24. The van der Waals surface area contributed by atoms with Crippen LogP contribution in [-0.4, -0.2) is 31.9 Å². The highest BCUT2D eigenvalue weighted by Gasteiger charge is 2.40. The average molecular weight is 266 g/mol. The lowest BCUT2D eigenvalue weighted by molar-refractivity contribution is 0.366. The van der Waals surface area contributed by atoms with E-state index in [4.69, 9.17) is 8.23 Å². The van der Waals surface area contributed by atoms with E-state index in [2.05, 4.69) is 57.7 Å². The van der Waals surface area contributed by atoms with Crippen molar-refractivity contribution < 1.29 is 8.23 Å². The molecule has 0 spiro atoms. The summed E-state index contributed by atoms with van der Waals surface area (Å²) in [7, 11) is -5.21. The third-order valence-corrected chi connectivity index (χ3v) is 10.5. The van der Waals surface area contributed by atoms with Gasteiger partial charge in [-0.2, -0.15) is 0 Å². The number of nitrogens with one attached hydrogen (secondary N) is 1. The molecule has 0 atom stereocenters. The van der Waals surface area contributed by atoms with E-state index in [1.165, 1.54) is 0 Å². The summed E-state index contributed by atoms with van der Waals surface area (Å²) < 4.78 is 12.4. The summed E-state index contributed by atoms with van der Waals surface area (Å²) >= 11 is 0. The van der Waals surface area contributed by atoms with Gasteiger partial charge in [-0.25, -0.2) is 0 Å². The lowest BCUT2D eigenvalue weighted by atomic mass is 10.8. The molecule has 0 aliphatic rings. The number of rotatable bonds is 6. The van der Waals surface area contributed by atoms with Gasteiger partial charge in [-0.15, -0.1) is 0 Å². The molecule has 0 rings (SSSR count). The first kappa shape index (κ1) is 15.5. The van der Waals surface area contributed by atoms with Gasteiger partial charge in [0.1, 0.15) is 0 Å². The molecule has 0 saturated carbocycles. The van der Waals surface area contributed by atoms with Gasteiger partial charge < -0.3 is 8.23 Å². The first-order valence-electron chi connectivity index (χ1n) is 5.63. The van der Waals surface area contributed by atoms with E-state index in [0.717, 1.165) is 6.54 Å². The maximum Gasteiger partial charge on any atom is 0.401 e. The molecule has 0 fully saturated rings. The van der Waals surface area contributed by atoms with Crippen LogP contribution >= 0.6 is 0 Å². The lowest BCUT2D eigenvalue weighted by Crippen LogP contribution is -2.61. The zero-order valence-corrected chi connectivity index (χ0v) is 14.5. The van der Waals surface area contributed by atoms with Crippen LogP contribution in [0.15, 0.2) is 0 Å². The molecule has 92 valence electrons. The molecule has 6 heteroatoms. The van der Waals surface area contributed by atoms with Gasteiger partial charge in [0.05, 0.1) is 0 Å². The maximum atomic E-state index is 6.22. The van der Waals surface area contributed by atoms with Crippen LogP contribution in [0.5, 0.6) is 0 Å². The first-order chi connectivity index (χ1) is 6.47. The molecule has 0 radical (unpaired) electrons. The summed E-state index contributed by atoms with van der Waals surface area (Å²) in [6, 6.07) is 0. The van der Waals surface area contributed by atoms with Crippen LogP contribution in [0.4, 0.5) is 0 Å². The van der Waals surface area contributed by atoms with Crippen molar-refractivity contribution in [1.82, 2.24) is 4.98 Å². The van der Waals surface area contributed by atoms with E-state index in [0.29, 0.717) is 0 Å². The highest BCUT2D eigenvalue weighted by Crippen LogP contribution is 2.18. The van der Waals surface area contributed by atoms with Crippen molar-refractivity contribution in [2.45, 2.75) is 52.8 Å². The highest BCUT2D eigenvalue weighted by molar-refractivity contribution is 6.86. The Morgan fingerprint density at radius 2 is 1.13 bits per heavy atom. The van der Waals surface area contributed by atoms with E-state index in [1.54, 1.807) is 0 Å². The lowest BCUT2D eigenvalue weighted by Gasteiger charge is -2.38. The van der Waals surface area contributed by atoms with E-state index < -0.39 is 25.4 Å². The average Bonchev–Trinajstić information content (AvgIpc) is 1.74. The summed E-state index contributed by atoms with van der Waals surface area (Å²) in [5.74, 6) is 0. The van der Waals surface area contributed by atoms with Gasteiger partial charge in [-0.1, -0.05) is 6.92 Å². The minimum absolute atomic E-state index is 0.914. The number of hydrogen-bond acceptors (Lipinski definition) is 3. The maximum absolute atomic E-state index is 6.22. The van der Waals surface area contributed by atoms with Crippen molar-refractivity contribution in [3.8, 4) is 0 Å². The van der Waals surface area contributed by atoms with Crippen molar-refractivity contribution in [3.63, 3.8) is 0 Å². The second-order valence-corrected chi connectivity index (χ2v) is 18.2. The van der Waals surface area contributed by atoms with Gasteiger partial charge in [0.25, 0.3) is 0 Å². The Hall–Kier alpha value is 0.531. The Kier molecular flexibility index (Phi) is 5.43. The Morgan fingerprint density at radius 3 is 1.33 bits per heavy atom. The normalized spacial score (nSPS) is 14.4. The van der Waals surface area contributed by atoms with Crippen molar-refractivity contribution >= 4 is 25.4 Å². The monoisotopic (exact) mass is 265 g/mol. The molecule has 0 unspecified atom stereocenters. The van der Waals surface area contributed by atoms with Gasteiger partial charge in [0.15, 0.2) is 16.6 Å². The Labute approximate surface area is 98.2 Å². The topological polar surface area (TPSA) is 30.5 Å². The molecule has 0 aliphatic heterocycles. The van der Waals surface area contributed by atoms with Crippen LogP contribution in [0, 0.1) is 0 Å². The van der Waals surface area contributed by atoms with Gasteiger partial charge in [-0.05, 0) is 52.4 Å². The standard InChI is InChI=1S/C9H27NO2Si3/c1-9-10-15(8,11-13(2,3)4)12-14(5,6)7/h10H,9H2,1-8H3. The van der Waals surface area contributed by atoms with Crippen LogP contribution in [0.3, 0.4) is 0 Å². The molecule has 3 nitrogen and oxygen atoms in total. The fourth-order valence-corrected chi connectivity index (χ4v) is 12.7. The number of hydrogen-bond donors (Lipinski definition) is 1. The minimum Gasteiger partial charge on any atom is -0.425 e. The van der Waals surface area contributed by atoms with Crippen molar-refractivity contribution in [2.75, 3.05) is 6.54 Å². The van der Waals surface area contributed by atoms with Crippen LogP contribution in [0.25, 0.3) is 0 Å². The Morgan fingerprint density at radius 1 is 0.800 bits per heavy atom. The van der Waals surface area contributed by atoms with Crippen LogP contribution < -0.4 is 4.98 Å². The largest absolute Gasteiger partial charge is 0.425 e. The van der Waals surface area contributed by atoms with E-state index >= 15 is 0 Å². The molecule has 1 N–H and O–H groups in total. The molecule has 0 amide bonds. The zero-order chi connectivity index (χ0) is 12.3. The van der Waals surface area contributed by atoms with E-state index in [-0.39, 0.29) is 0 Å². The Balaban J connectivity index is 4.59. The van der Waals surface area contributed by atoms with Crippen molar-refractivity contribution in [3.05, 3.63) is 0 Å². The van der Waals surface area contributed by atoms with Crippen LogP contribution in [0.1, 0.15) is 6.92 Å². The predicted octanol–water partition coefficient (Wildman–Crippen LogP) is 2.87. The molecule has 0 aromatic carbocycles. The van der Waals surface area contributed by atoms with E-state index in [9.17, 15) is 0 Å². The van der Waals surface area contributed by atoms with Gasteiger partial charge >= 0.3 is 8.72 Å². The molecule has 0 bridgehead atoms. The highest BCUT2D eigenvalue weighted by atomic mass is 28.5. The SMILES string of the molecule is CCN[Si](C)(O[Si](C)(C)C)O[Si](C)(C)C. The molecular weight excluding hydrogens is 238 g/mol. The molecule has 0 heterocycles. The summed E-state index contributed by atoms with van der Waals surface area (Å²) in [5.41, 5.74) is 0. The van der Waals surface area contributed by atoms with E-state index in [1.807, 2.05) is 0 Å². The molecule has 0 aromatic heterocycles. The summed E-state index contributed by atoms with van der Waals surface area (Å²) in [5, 5.41) is 0. The predicted molar refractivity (Wildman–Crippen MR) is 74.2 cm³/mol. The molecular formula is C9H27NO2Si3. The molecule has 0 saturated heterocycles. The van der Waals surface area contributed by atoms with Gasteiger partial charge in [0.2, 0.25) is 0 Å². The third kappa shape index (κ3) is 8.35. The first-order valence-corrected chi connectivity index (χ1v) is 14.8.